The van der Waals surface area contributed by atoms with Crippen LogP contribution in [-0.2, 0) is 109 Å². The summed E-state index contributed by atoms with van der Waals surface area (Å²) in [5.41, 5.74) is -1.82. The van der Waals surface area contributed by atoms with Gasteiger partial charge in [-0.15, -0.1) is 0 Å². The largest absolute Gasteiger partial charge is 0.458 e. The molecule has 5 saturated heterocycles. The molecular formula is C100H170O23. The number of allylic oxidation sites excluding steroid dienone is 2. The zero-order valence-electron chi connectivity index (χ0n) is 82.3. The molecule has 23 nitrogen and oxygen atoms in total. The highest BCUT2D eigenvalue weighted by molar-refractivity contribution is 5.81. The van der Waals surface area contributed by atoms with Crippen molar-refractivity contribution in [2.75, 3.05) is 13.2 Å². The first-order chi connectivity index (χ1) is 57.4. The Morgan fingerprint density at radius 1 is 0.537 bits per heavy atom. The molecular weight excluding hydrogens is 1570 g/mol. The van der Waals surface area contributed by atoms with Gasteiger partial charge in [0.1, 0.15) is 30.7 Å². The maximum absolute atomic E-state index is 16.9. The summed E-state index contributed by atoms with van der Waals surface area (Å²) in [6, 6.07) is 0. The van der Waals surface area contributed by atoms with Crippen LogP contribution in [0.5, 0.6) is 0 Å². The van der Waals surface area contributed by atoms with Gasteiger partial charge in [-0.05, 0) is 186 Å². The molecule has 708 valence electrons. The Labute approximate surface area is 741 Å². The summed E-state index contributed by atoms with van der Waals surface area (Å²) in [7, 11) is 0. The topological polar surface area (TPSA) is 251 Å². The highest BCUT2D eigenvalue weighted by atomic mass is 16.8. The zero-order valence-corrected chi connectivity index (χ0v) is 82.3. The highest BCUT2D eigenvalue weighted by Gasteiger charge is 2.72. The van der Waals surface area contributed by atoms with Gasteiger partial charge in [-0.3, -0.25) is 19.2 Å². The fourth-order valence-corrected chi connectivity index (χ4v) is 24.5. The van der Waals surface area contributed by atoms with Gasteiger partial charge in [0, 0.05) is 61.2 Å². The molecule has 0 N–H and O–H groups in total. The Morgan fingerprint density at radius 3 is 1.74 bits per heavy atom. The molecule has 0 aromatic rings. The summed E-state index contributed by atoms with van der Waals surface area (Å²) in [5.74, 6) is -2.55. The number of ether oxygens (including phenoxy) is 18. The molecule has 5 heterocycles. The number of Topliss-reactive ketones (excluding diaryl/α,β-unsaturated/α-hetero) is 1. The SMILES string of the molecule is CCC(C)OC(OC1C(C)COC(OC2C(C)OC(OC(C(C)C)C(OC(=O)[C@]34CCC(C)(C)CC3C3=CCC5[C@@]6(C)CC[C@H](OC7OC(C(C)=O)C(C)C(OC(OCC(C)C)C(C)C)C7OC7OC(CC)C(C)C(C)C7C)[C@@](C)(C=O)C6CC[C@@]5(C)C3(C)CC4C)OC(C)OC3OC(C)C(OC(C)=O)C(OC(C)=O)C3C)C(C)C2C)C1C)C(C)C(C)C. The average molecular weight is 1740 g/mol. The molecule has 0 bridgehead atoms. The fraction of sp³-hybridized carbons (Fsp3) is 0.930. The van der Waals surface area contributed by atoms with Gasteiger partial charge in [0.25, 0.3) is 0 Å². The van der Waals surface area contributed by atoms with E-state index in [-0.39, 0.29) is 135 Å². The summed E-state index contributed by atoms with van der Waals surface area (Å²) in [5, 5.41) is 0. The lowest BCUT2D eigenvalue weighted by Gasteiger charge is -2.72. The van der Waals surface area contributed by atoms with Crippen molar-refractivity contribution >= 4 is 30.0 Å². The monoisotopic (exact) mass is 1740 g/mol. The van der Waals surface area contributed by atoms with Crippen LogP contribution in [0.4, 0.5) is 0 Å². The molecule has 5 aliphatic heterocycles. The van der Waals surface area contributed by atoms with Crippen LogP contribution in [0.2, 0.25) is 0 Å². The molecule has 4 saturated carbocycles. The van der Waals surface area contributed by atoms with Gasteiger partial charge in [-0.1, -0.05) is 199 Å². The van der Waals surface area contributed by atoms with Gasteiger partial charge in [-0.25, -0.2) is 0 Å². The third-order valence-corrected chi connectivity index (χ3v) is 33.4. The smallest absolute Gasteiger partial charge is 0.315 e. The first kappa shape index (κ1) is 102. The van der Waals surface area contributed by atoms with Crippen LogP contribution in [-0.4, -0.2) is 179 Å². The molecule has 10 aliphatic rings. The Kier molecular flexibility index (Phi) is 34.0. The minimum atomic E-state index is -1.37. The Morgan fingerprint density at radius 2 is 1.15 bits per heavy atom. The molecule has 41 atom stereocenters. The van der Waals surface area contributed by atoms with E-state index in [4.69, 9.17) is 85.3 Å². The molecule has 23 heteroatoms. The third kappa shape index (κ3) is 20.9. The summed E-state index contributed by atoms with van der Waals surface area (Å²) < 4.78 is 124. The fourth-order valence-electron chi connectivity index (χ4n) is 24.5. The number of carbonyl (C=O) groups excluding carboxylic acids is 5. The van der Waals surface area contributed by atoms with Crippen molar-refractivity contribution in [2.24, 2.45) is 139 Å². The molecule has 0 aromatic carbocycles. The molecule has 10 rings (SSSR count). The Hall–Kier alpha value is -3.11. The van der Waals surface area contributed by atoms with E-state index in [0.29, 0.717) is 44.3 Å². The van der Waals surface area contributed by atoms with Crippen LogP contribution in [0.1, 0.15) is 306 Å². The van der Waals surface area contributed by atoms with E-state index in [1.165, 1.54) is 25.7 Å². The molecule has 9 fully saturated rings. The first-order valence-electron chi connectivity index (χ1n) is 48.4. The van der Waals surface area contributed by atoms with E-state index in [1.807, 2.05) is 34.6 Å². The number of hydrogen-bond acceptors (Lipinski definition) is 23. The third-order valence-electron chi connectivity index (χ3n) is 33.4. The average Bonchev–Trinajstić information content (AvgIpc) is 0.669. The number of carbonyl (C=O) groups is 5. The standard InChI is InChI=1S/C100H170O23/c1-35-56(13)108-88(57(14)51(5)6)118-79-54(11)48-107-87(64(79)21)120-81-60(17)62(19)89(109-67(81)24)117-78(52(7)8)92(114-71(28)113-91-65(22)83(111-69(26)103)84(68(25)110-91)112-70(27)104)123-94(105)100-44-43-95(29,30)46-73(100)72-37-38-76-96(31)41-40-77(97(32,49-101)75(96)39-42-98(76,33)99(72,34)45-55(100)12)116-93-85(122-90-61(18)58(15)59(16)74(36-2)115-90)82(63(20)80(119-93)66(23)102)121-86(53(9)10)106-47-50(3)4/h37,49-65,67-68,71,73-93H,35-36,38-48H2,1-34H3/t54?,55?,56?,57?,58?,59?,60?,61?,62?,63?,64?,65?,67?,68?,71?,73?,74?,75?,76?,77-,78?,79?,80?,81?,82?,83?,84?,85?,86?,87?,88?,89?,90?,91?,92?,93?,96-,97-,98+,99?,100-/m0/s1. The predicted octanol–water partition coefficient (Wildman–Crippen LogP) is 19.4. The van der Waals surface area contributed by atoms with Crippen LogP contribution in [0.15, 0.2) is 11.6 Å². The van der Waals surface area contributed by atoms with E-state index in [1.54, 1.807) is 20.8 Å². The molecule has 36 unspecified atom stereocenters. The first-order valence-corrected chi connectivity index (χ1v) is 48.4. The molecule has 0 aromatic heterocycles. The second-order valence-corrected chi connectivity index (χ2v) is 44.1. The minimum Gasteiger partial charge on any atom is -0.458 e. The number of fused-ring (bicyclic) bond motifs is 7. The normalized spacial score (nSPS) is 44.4. The lowest BCUT2D eigenvalue weighted by atomic mass is 9.32. The van der Waals surface area contributed by atoms with Crippen LogP contribution < -0.4 is 0 Å². The van der Waals surface area contributed by atoms with Gasteiger partial charge in [0.05, 0.1) is 72.9 Å². The van der Waals surface area contributed by atoms with Gasteiger partial charge in [0.2, 0.25) is 6.29 Å². The van der Waals surface area contributed by atoms with E-state index < -0.39 is 152 Å². The minimum absolute atomic E-state index is 0.00198. The van der Waals surface area contributed by atoms with Crippen molar-refractivity contribution in [3.63, 3.8) is 0 Å². The predicted molar refractivity (Wildman–Crippen MR) is 468 cm³/mol. The van der Waals surface area contributed by atoms with Gasteiger partial charge >= 0.3 is 17.9 Å². The number of hydrogen-bond donors (Lipinski definition) is 0. The van der Waals surface area contributed by atoms with Crippen molar-refractivity contribution in [1.82, 2.24) is 0 Å². The van der Waals surface area contributed by atoms with E-state index in [0.717, 1.165) is 51.4 Å². The zero-order chi connectivity index (χ0) is 91.3. The van der Waals surface area contributed by atoms with E-state index >= 15 is 4.79 Å². The lowest BCUT2D eigenvalue weighted by molar-refractivity contribution is -0.370. The van der Waals surface area contributed by atoms with Gasteiger partial charge in [-0.2, -0.15) is 0 Å². The van der Waals surface area contributed by atoms with Crippen molar-refractivity contribution in [3.05, 3.63) is 11.6 Å². The number of ketones is 1. The van der Waals surface area contributed by atoms with Crippen molar-refractivity contribution < 1.29 is 109 Å². The second-order valence-electron chi connectivity index (χ2n) is 44.1. The lowest BCUT2D eigenvalue weighted by Crippen LogP contribution is -2.67. The molecule has 0 amide bonds. The van der Waals surface area contributed by atoms with Crippen LogP contribution in [0.25, 0.3) is 0 Å². The Bertz CT molecular complexity index is 3510. The summed E-state index contributed by atoms with van der Waals surface area (Å²) in [6.07, 6.45) is -3.44. The molecule has 0 radical (unpaired) electrons. The summed E-state index contributed by atoms with van der Waals surface area (Å²) in [4.78, 5) is 71.0. The Balaban J connectivity index is 0.952. The van der Waals surface area contributed by atoms with E-state index in [2.05, 4.69) is 172 Å². The second kappa shape index (κ2) is 40.9. The molecule has 123 heavy (non-hydrogen) atoms. The van der Waals surface area contributed by atoms with Gasteiger partial charge < -0.3 is 90.1 Å². The number of rotatable bonds is 34. The maximum atomic E-state index is 16.9. The number of aldehydes is 1. The molecule has 0 spiro atoms. The molecule has 5 aliphatic carbocycles. The summed E-state index contributed by atoms with van der Waals surface area (Å²) >= 11 is 0. The maximum Gasteiger partial charge on any atom is 0.315 e. The summed E-state index contributed by atoms with van der Waals surface area (Å²) in [6.45, 7) is 71.8. The van der Waals surface area contributed by atoms with Crippen LogP contribution in [0, 0.1) is 139 Å². The van der Waals surface area contributed by atoms with Crippen molar-refractivity contribution in [2.45, 2.75) is 442 Å². The van der Waals surface area contributed by atoms with Crippen molar-refractivity contribution in [1.29, 1.82) is 0 Å². The highest BCUT2D eigenvalue weighted by Crippen LogP contribution is 2.77. The van der Waals surface area contributed by atoms with Crippen LogP contribution >= 0.6 is 0 Å². The quantitative estimate of drug-likeness (QED) is 0.0145. The van der Waals surface area contributed by atoms with Gasteiger partial charge in [0.15, 0.2) is 62.2 Å². The van der Waals surface area contributed by atoms with E-state index in [9.17, 15) is 19.2 Å². The number of esters is 3. The van der Waals surface area contributed by atoms with Crippen molar-refractivity contribution in [3.8, 4) is 0 Å². The van der Waals surface area contributed by atoms with Crippen LogP contribution in [0.3, 0.4) is 0 Å².